The Morgan fingerprint density at radius 3 is 1.97 bits per heavy atom. The van der Waals surface area contributed by atoms with Gasteiger partial charge in [-0.2, -0.15) is 0 Å². The summed E-state index contributed by atoms with van der Waals surface area (Å²) in [5, 5.41) is 77.5. The second kappa shape index (κ2) is 13.5. The third-order valence-corrected chi connectivity index (χ3v) is 4.09. The van der Waals surface area contributed by atoms with Crippen LogP contribution >= 0.6 is 0 Å². The molecule has 0 spiro atoms. The zero-order valence-electron chi connectivity index (χ0n) is 16.4. The van der Waals surface area contributed by atoms with E-state index < -0.39 is 80.0 Å². The summed E-state index contributed by atoms with van der Waals surface area (Å²) in [5.41, 5.74) is 0. The SMILES string of the molecule is CC(=O)N[C@@H]1C(O)O[C@H](CO)[C@@H](O)[C@@H]1O.CC(=O)N[C@H](C=O)[C@@H](O)[C@H](O)[C@H](O)CO. The highest BCUT2D eigenvalue weighted by Crippen LogP contribution is 2.19. The summed E-state index contributed by atoms with van der Waals surface area (Å²) in [7, 11) is 0. The molecular formula is C16H30N2O12. The number of rotatable bonds is 8. The Hall–Kier alpha value is -1.75. The molecule has 0 aromatic rings. The van der Waals surface area contributed by atoms with E-state index in [2.05, 4.69) is 10.6 Å². The third-order valence-electron chi connectivity index (χ3n) is 4.09. The second-order valence-electron chi connectivity index (χ2n) is 6.55. The maximum absolute atomic E-state index is 10.7. The van der Waals surface area contributed by atoms with Crippen molar-refractivity contribution in [2.24, 2.45) is 0 Å². The number of carbonyl (C=O) groups is 3. The first-order valence-corrected chi connectivity index (χ1v) is 8.86. The van der Waals surface area contributed by atoms with E-state index in [9.17, 15) is 39.9 Å². The predicted octanol–water partition coefficient (Wildman–Crippen LogP) is -6.31. The summed E-state index contributed by atoms with van der Waals surface area (Å²) in [6, 6.07) is -2.42. The molecule has 0 aromatic heterocycles. The van der Waals surface area contributed by atoms with Crippen molar-refractivity contribution in [3.8, 4) is 0 Å². The van der Waals surface area contributed by atoms with Gasteiger partial charge in [-0.3, -0.25) is 9.59 Å². The minimum absolute atomic E-state index is 0.235. The van der Waals surface area contributed by atoms with Crippen LogP contribution in [0.4, 0.5) is 0 Å². The summed E-state index contributed by atoms with van der Waals surface area (Å²) >= 11 is 0. The van der Waals surface area contributed by atoms with Gasteiger partial charge in [-0.05, 0) is 0 Å². The van der Waals surface area contributed by atoms with Gasteiger partial charge in [-0.15, -0.1) is 0 Å². The lowest BCUT2D eigenvalue weighted by atomic mass is 9.97. The van der Waals surface area contributed by atoms with Crippen molar-refractivity contribution in [3.63, 3.8) is 0 Å². The van der Waals surface area contributed by atoms with Crippen LogP contribution in [0.15, 0.2) is 0 Å². The predicted molar refractivity (Wildman–Crippen MR) is 96.4 cm³/mol. The van der Waals surface area contributed by atoms with E-state index in [-0.39, 0.29) is 6.29 Å². The molecule has 1 unspecified atom stereocenters. The summed E-state index contributed by atoms with van der Waals surface area (Å²) in [4.78, 5) is 31.8. The van der Waals surface area contributed by atoms with E-state index in [4.69, 9.17) is 20.1 Å². The number of nitrogens with one attached hydrogen (secondary N) is 2. The van der Waals surface area contributed by atoms with Crippen LogP contribution in [0.3, 0.4) is 0 Å². The molecule has 0 bridgehead atoms. The average molecular weight is 442 g/mol. The highest BCUT2D eigenvalue weighted by molar-refractivity contribution is 5.77. The Morgan fingerprint density at radius 2 is 1.57 bits per heavy atom. The largest absolute Gasteiger partial charge is 0.394 e. The first kappa shape index (κ1) is 28.2. The number of aliphatic hydroxyl groups excluding tert-OH is 8. The number of aliphatic hydroxyl groups is 8. The average Bonchev–Trinajstić information content (AvgIpc) is 2.70. The third kappa shape index (κ3) is 8.55. The summed E-state index contributed by atoms with van der Waals surface area (Å²) in [6.07, 6.45) is -9.96. The van der Waals surface area contributed by atoms with Crippen LogP contribution in [0.5, 0.6) is 0 Å². The first-order chi connectivity index (χ1) is 13.9. The normalized spacial score (nSPS) is 30.0. The Balaban J connectivity index is 0.000000561. The molecule has 0 aromatic carbocycles. The van der Waals surface area contributed by atoms with Crippen LogP contribution < -0.4 is 10.6 Å². The molecule has 1 heterocycles. The molecule has 0 aliphatic carbocycles. The van der Waals surface area contributed by atoms with Gasteiger partial charge >= 0.3 is 0 Å². The molecular weight excluding hydrogens is 412 g/mol. The molecule has 1 fully saturated rings. The van der Waals surface area contributed by atoms with Gasteiger partial charge in [-0.1, -0.05) is 0 Å². The van der Waals surface area contributed by atoms with Crippen molar-refractivity contribution in [1.29, 1.82) is 0 Å². The molecule has 1 rings (SSSR count). The van der Waals surface area contributed by atoms with Gasteiger partial charge < -0.3 is 61.0 Å². The molecule has 1 aliphatic heterocycles. The van der Waals surface area contributed by atoms with Gasteiger partial charge in [0.2, 0.25) is 11.8 Å². The van der Waals surface area contributed by atoms with Gasteiger partial charge in [0.1, 0.15) is 55.0 Å². The van der Waals surface area contributed by atoms with E-state index in [1.165, 1.54) is 6.92 Å². The van der Waals surface area contributed by atoms with Gasteiger partial charge in [0.25, 0.3) is 0 Å². The van der Waals surface area contributed by atoms with Crippen LogP contribution in [0.25, 0.3) is 0 Å². The van der Waals surface area contributed by atoms with Crippen molar-refractivity contribution in [2.45, 2.75) is 68.8 Å². The monoisotopic (exact) mass is 442 g/mol. The number of amides is 2. The zero-order valence-corrected chi connectivity index (χ0v) is 16.4. The number of aldehydes is 1. The van der Waals surface area contributed by atoms with E-state index in [1.807, 2.05) is 0 Å². The lowest BCUT2D eigenvalue weighted by Gasteiger charge is -2.40. The minimum atomic E-state index is -1.71. The van der Waals surface area contributed by atoms with Gasteiger partial charge in [0.05, 0.1) is 13.2 Å². The van der Waals surface area contributed by atoms with Crippen LogP contribution in [-0.2, 0) is 19.1 Å². The van der Waals surface area contributed by atoms with Gasteiger partial charge in [0, 0.05) is 13.8 Å². The van der Waals surface area contributed by atoms with E-state index in [0.717, 1.165) is 6.92 Å². The molecule has 176 valence electrons. The highest BCUT2D eigenvalue weighted by atomic mass is 16.6. The molecule has 1 saturated heterocycles. The topological polar surface area (TPSA) is 246 Å². The fraction of sp³-hybridized carbons (Fsp3) is 0.812. The Labute approximate surface area is 171 Å². The zero-order chi connectivity index (χ0) is 23.6. The summed E-state index contributed by atoms with van der Waals surface area (Å²) in [5.74, 6) is -1.02. The molecule has 14 heteroatoms. The van der Waals surface area contributed by atoms with E-state index >= 15 is 0 Å². The van der Waals surface area contributed by atoms with Crippen molar-refractivity contribution < 1.29 is 60.0 Å². The number of hydrogen-bond donors (Lipinski definition) is 10. The minimum Gasteiger partial charge on any atom is -0.394 e. The van der Waals surface area contributed by atoms with Crippen molar-refractivity contribution in [3.05, 3.63) is 0 Å². The van der Waals surface area contributed by atoms with Crippen LogP contribution in [0.1, 0.15) is 13.8 Å². The number of ether oxygens (including phenoxy) is 1. The lowest BCUT2D eigenvalue weighted by molar-refractivity contribution is -0.253. The lowest BCUT2D eigenvalue weighted by Crippen LogP contribution is -2.63. The van der Waals surface area contributed by atoms with Crippen molar-refractivity contribution in [1.82, 2.24) is 10.6 Å². The molecule has 0 saturated carbocycles. The van der Waals surface area contributed by atoms with Crippen molar-refractivity contribution >= 4 is 18.1 Å². The van der Waals surface area contributed by atoms with E-state index in [0.29, 0.717) is 0 Å². The first-order valence-electron chi connectivity index (χ1n) is 8.86. The van der Waals surface area contributed by atoms with Crippen LogP contribution in [0, 0.1) is 0 Å². The molecule has 0 radical (unpaired) electrons. The maximum Gasteiger partial charge on any atom is 0.217 e. The fourth-order valence-electron chi connectivity index (χ4n) is 2.47. The maximum atomic E-state index is 10.7. The highest BCUT2D eigenvalue weighted by Gasteiger charge is 2.43. The second-order valence-corrected chi connectivity index (χ2v) is 6.55. The Kier molecular flexibility index (Phi) is 12.7. The molecule has 14 nitrogen and oxygen atoms in total. The number of hydrogen-bond acceptors (Lipinski definition) is 12. The quantitative estimate of drug-likeness (QED) is 0.158. The molecule has 9 atom stereocenters. The smallest absolute Gasteiger partial charge is 0.217 e. The van der Waals surface area contributed by atoms with Crippen LogP contribution in [-0.4, -0.2) is 127 Å². The molecule has 10 N–H and O–H groups in total. The van der Waals surface area contributed by atoms with Gasteiger partial charge in [0.15, 0.2) is 6.29 Å². The molecule has 30 heavy (non-hydrogen) atoms. The molecule has 2 amide bonds. The van der Waals surface area contributed by atoms with Crippen molar-refractivity contribution in [2.75, 3.05) is 13.2 Å². The summed E-state index contributed by atoms with van der Waals surface area (Å²) in [6.45, 7) is 1.06. The fourth-order valence-corrected chi connectivity index (χ4v) is 2.47. The summed E-state index contributed by atoms with van der Waals surface area (Å²) < 4.78 is 4.81. The standard InChI is InChI=1S/2C8H15NO6/c1-3(11)9-5-7(13)6(12)4(2-10)15-8(5)14;1-4(12)9-5(2-10)7(14)8(15)6(13)3-11/h4-8,10,12-14H,2H2,1H3,(H,9,11);2,5-8,11,13-15H,3H2,1H3,(H,9,12)/t4-,5+,6-,7-,8?;5-,6-,7-,8-/m11/s1. The Bertz CT molecular complexity index is 550. The van der Waals surface area contributed by atoms with Gasteiger partial charge in [-0.25, -0.2) is 0 Å². The molecule has 1 aliphatic rings. The Morgan fingerprint density at radius 1 is 1.00 bits per heavy atom. The van der Waals surface area contributed by atoms with E-state index in [1.54, 1.807) is 0 Å². The van der Waals surface area contributed by atoms with Crippen LogP contribution in [0.2, 0.25) is 0 Å². The number of carbonyl (C=O) groups excluding carboxylic acids is 3.